The van der Waals surface area contributed by atoms with E-state index < -0.39 is 15.3 Å². The average molecular weight is 472 g/mol. The highest BCUT2D eigenvalue weighted by Gasteiger charge is 2.16. The van der Waals surface area contributed by atoms with Crippen molar-refractivity contribution in [3.63, 3.8) is 0 Å². The topological polar surface area (TPSA) is 72.5 Å². The van der Waals surface area contributed by atoms with Crippen LogP contribution in [0.5, 0.6) is 5.75 Å². The molecule has 0 spiro atoms. The molecule has 0 bridgehead atoms. The van der Waals surface area contributed by atoms with Crippen molar-refractivity contribution in [2.75, 3.05) is 0 Å². The number of halogens is 4. The van der Waals surface area contributed by atoms with Crippen LogP contribution in [0.2, 0.25) is 0 Å². The Morgan fingerprint density at radius 2 is 1.71 bits per heavy atom. The van der Waals surface area contributed by atoms with Crippen molar-refractivity contribution in [1.82, 2.24) is 4.72 Å². The van der Waals surface area contributed by atoms with Crippen molar-refractivity contribution in [1.29, 1.82) is 0 Å². The quantitative estimate of drug-likeness (QED) is 0.669. The van der Waals surface area contributed by atoms with Gasteiger partial charge >= 0.3 is 15.3 Å². The number of hydrogen-bond donors (Lipinski definition) is 1. The Morgan fingerprint density at radius 3 is 2.12 bits per heavy atom. The number of hydrogen-bond acceptors (Lipinski definition) is 4. The van der Waals surface area contributed by atoms with Crippen LogP contribution in [-0.4, -0.2) is 14.5 Å². The van der Waals surface area contributed by atoms with E-state index in [1.54, 1.807) is 12.1 Å². The molecule has 0 atom stereocenters. The molecule has 5 nitrogen and oxygen atoms in total. The Labute approximate surface area is 127 Å². The molecule has 0 saturated carbocycles. The first-order chi connectivity index (χ1) is 7.69. The number of carbonyl (C=O) groups excluding carboxylic acids is 1. The number of amides is 1. The summed E-state index contributed by atoms with van der Waals surface area (Å²) < 4.78 is 29.1. The van der Waals surface area contributed by atoms with E-state index in [0.717, 1.165) is 4.47 Å². The summed E-state index contributed by atoms with van der Waals surface area (Å²) in [5.41, 5.74) is 0. The minimum atomic E-state index is -4.17. The number of benzene rings is 1. The van der Waals surface area contributed by atoms with Crippen molar-refractivity contribution < 1.29 is 17.9 Å². The Kier molecular flexibility index (Phi) is 5.26. The zero-order chi connectivity index (χ0) is 13.2. The van der Waals surface area contributed by atoms with Gasteiger partial charge in [0.15, 0.2) is 5.75 Å². The molecule has 0 heterocycles. The van der Waals surface area contributed by atoms with Crippen LogP contribution in [0.1, 0.15) is 0 Å². The SMILES string of the molecule is O=C(NS(=O)(=O)Cl)Oc1c(Br)cc(Br)cc1Br. The number of carbonyl (C=O) groups is 1. The fourth-order valence-electron chi connectivity index (χ4n) is 0.840. The molecule has 17 heavy (non-hydrogen) atoms. The van der Waals surface area contributed by atoms with E-state index in [4.69, 9.17) is 15.4 Å². The van der Waals surface area contributed by atoms with Crippen LogP contribution in [0.25, 0.3) is 0 Å². The summed E-state index contributed by atoms with van der Waals surface area (Å²) in [5.74, 6) is 0.131. The van der Waals surface area contributed by atoms with Crippen LogP contribution in [0.4, 0.5) is 4.79 Å². The summed E-state index contributed by atoms with van der Waals surface area (Å²) in [6.07, 6.45) is -1.20. The second-order valence-electron chi connectivity index (χ2n) is 2.63. The maximum Gasteiger partial charge on any atom is 0.427 e. The molecule has 1 N–H and O–H groups in total. The highest BCUT2D eigenvalue weighted by atomic mass is 79.9. The van der Waals surface area contributed by atoms with Gasteiger partial charge in [-0.1, -0.05) is 15.9 Å². The first kappa shape index (κ1) is 15.2. The average Bonchev–Trinajstić information content (AvgIpc) is 2.08. The van der Waals surface area contributed by atoms with E-state index in [-0.39, 0.29) is 5.75 Å². The summed E-state index contributed by atoms with van der Waals surface area (Å²) in [5, 5.41) is 0. The van der Waals surface area contributed by atoms with Crippen LogP contribution in [0.3, 0.4) is 0 Å². The standard InChI is InChI=1S/C7H3Br3ClNO4S/c8-3-1-4(9)6(5(10)2-3)16-7(13)12-17(11,14)15/h1-2H,(H,12,13). The molecule has 0 unspecified atom stereocenters. The van der Waals surface area contributed by atoms with Crippen LogP contribution in [0, 0.1) is 0 Å². The fraction of sp³-hybridized carbons (Fsp3) is 0. The van der Waals surface area contributed by atoms with E-state index in [1.165, 1.54) is 4.72 Å². The number of nitrogens with one attached hydrogen (secondary N) is 1. The van der Waals surface area contributed by atoms with Crippen LogP contribution >= 0.6 is 58.5 Å². The molecular formula is C7H3Br3ClNO4S. The maximum atomic E-state index is 11.2. The summed E-state index contributed by atoms with van der Waals surface area (Å²) in [6, 6.07) is 3.26. The van der Waals surface area contributed by atoms with E-state index in [0.29, 0.717) is 8.95 Å². The Hall–Kier alpha value is 0.170. The van der Waals surface area contributed by atoms with E-state index in [2.05, 4.69) is 47.8 Å². The van der Waals surface area contributed by atoms with E-state index in [1.807, 2.05) is 0 Å². The van der Waals surface area contributed by atoms with Crippen LogP contribution in [0.15, 0.2) is 25.6 Å². The molecule has 1 aromatic carbocycles. The third-order valence-electron chi connectivity index (χ3n) is 1.36. The van der Waals surface area contributed by atoms with Gasteiger partial charge in [0.05, 0.1) is 8.95 Å². The van der Waals surface area contributed by atoms with Crippen LogP contribution in [-0.2, 0) is 9.24 Å². The van der Waals surface area contributed by atoms with Crippen molar-refractivity contribution >= 4 is 73.8 Å². The minimum absolute atomic E-state index is 0.131. The molecule has 1 aromatic rings. The Bertz CT molecular complexity index is 539. The van der Waals surface area contributed by atoms with Crippen molar-refractivity contribution in [2.24, 2.45) is 0 Å². The molecule has 0 fully saturated rings. The second-order valence-corrected chi connectivity index (χ2v) is 7.55. The lowest BCUT2D eigenvalue weighted by molar-refractivity contribution is 0.206. The Balaban J connectivity index is 2.93. The predicted octanol–water partition coefficient (Wildman–Crippen LogP) is 3.55. The molecule has 1 amide bonds. The van der Waals surface area contributed by atoms with Gasteiger partial charge in [0.2, 0.25) is 0 Å². The molecule has 0 radical (unpaired) electrons. The van der Waals surface area contributed by atoms with Crippen molar-refractivity contribution in [3.8, 4) is 5.75 Å². The van der Waals surface area contributed by atoms with Gasteiger partial charge < -0.3 is 4.74 Å². The van der Waals surface area contributed by atoms with Gasteiger partial charge in [-0.2, -0.15) is 8.42 Å². The highest BCUT2D eigenvalue weighted by Crippen LogP contribution is 2.36. The second kappa shape index (κ2) is 5.87. The van der Waals surface area contributed by atoms with Gasteiger partial charge in [-0.05, 0) is 44.0 Å². The summed E-state index contributed by atoms with van der Waals surface area (Å²) in [4.78, 5) is 11.2. The smallest absolute Gasteiger partial charge is 0.407 e. The van der Waals surface area contributed by atoms with Gasteiger partial charge in [0.1, 0.15) is 0 Å². The lowest BCUT2D eigenvalue weighted by Gasteiger charge is -2.08. The first-order valence-electron chi connectivity index (χ1n) is 3.78. The largest absolute Gasteiger partial charge is 0.427 e. The number of ether oxygens (including phenoxy) is 1. The minimum Gasteiger partial charge on any atom is -0.407 e. The molecule has 0 aromatic heterocycles. The number of rotatable bonds is 2. The first-order valence-corrected chi connectivity index (χ1v) is 8.46. The van der Waals surface area contributed by atoms with Gasteiger partial charge in [-0.15, -0.1) is 0 Å². The lowest BCUT2D eigenvalue weighted by atomic mass is 10.3. The van der Waals surface area contributed by atoms with Gasteiger partial charge in [0.25, 0.3) is 0 Å². The zero-order valence-electron chi connectivity index (χ0n) is 7.71. The summed E-state index contributed by atoms with van der Waals surface area (Å²) >= 11 is 9.55. The third-order valence-corrected chi connectivity index (χ3v) is 3.64. The molecule has 0 aliphatic rings. The zero-order valence-corrected chi connectivity index (χ0v) is 14.0. The molecule has 0 aliphatic carbocycles. The fourth-order valence-corrected chi connectivity index (χ4v) is 3.69. The van der Waals surface area contributed by atoms with E-state index >= 15 is 0 Å². The van der Waals surface area contributed by atoms with Gasteiger partial charge in [0, 0.05) is 15.2 Å². The normalized spacial score (nSPS) is 11.1. The lowest BCUT2D eigenvalue weighted by Crippen LogP contribution is -2.29. The molecule has 1 rings (SSSR count). The molecular weight excluding hydrogens is 469 g/mol. The van der Waals surface area contributed by atoms with Crippen molar-refractivity contribution in [2.45, 2.75) is 0 Å². The van der Waals surface area contributed by atoms with Crippen molar-refractivity contribution in [3.05, 3.63) is 25.6 Å². The summed E-state index contributed by atoms with van der Waals surface area (Å²) in [7, 11) is 0.659. The Morgan fingerprint density at radius 1 is 1.24 bits per heavy atom. The maximum absolute atomic E-state index is 11.2. The van der Waals surface area contributed by atoms with Gasteiger partial charge in [-0.3, -0.25) is 0 Å². The monoisotopic (exact) mass is 469 g/mol. The molecule has 94 valence electrons. The van der Waals surface area contributed by atoms with Crippen LogP contribution < -0.4 is 9.46 Å². The molecule has 0 saturated heterocycles. The predicted molar refractivity (Wildman–Crippen MR) is 73.5 cm³/mol. The highest BCUT2D eigenvalue weighted by molar-refractivity contribution is 9.11. The summed E-state index contributed by atoms with van der Waals surface area (Å²) in [6.45, 7) is 0. The molecule has 0 aliphatic heterocycles. The van der Waals surface area contributed by atoms with E-state index in [9.17, 15) is 13.2 Å². The molecule has 10 heteroatoms. The third kappa shape index (κ3) is 5.12. The van der Waals surface area contributed by atoms with Gasteiger partial charge in [-0.25, -0.2) is 9.52 Å².